The van der Waals surface area contributed by atoms with Crippen LogP contribution in [0.1, 0.15) is 11.3 Å². The second-order valence-corrected chi connectivity index (χ2v) is 6.35. The minimum atomic E-state index is -0.824. The van der Waals surface area contributed by atoms with Gasteiger partial charge >= 0.3 is 12.0 Å². The van der Waals surface area contributed by atoms with Crippen LogP contribution in [0.5, 0.6) is 0 Å². The van der Waals surface area contributed by atoms with E-state index in [1.54, 1.807) is 16.2 Å². The summed E-state index contributed by atoms with van der Waals surface area (Å²) in [6.45, 7) is 1.29. The van der Waals surface area contributed by atoms with Crippen molar-refractivity contribution in [3.05, 3.63) is 35.2 Å². The molecule has 0 saturated carbocycles. The summed E-state index contributed by atoms with van der Waals surface area (Å²) >= 11 is 1.66. The van der Waals surface area contributed by atoms with Gasteiger partial charge in [0.2, 0.25) is 0 Å². The first-order chi connectivity index (χ1) is 10.1. The van der Waals surface area contributed by atoms with Crippen LogP contribution in [0.4, 0.5) is 4.79 Å². The second-order valence-electron chi connectivity index (χ2n) is 5.18. The van der Waals surface area contributed by atoms with Crippen molar-refractivity contribution in [1.29, 1.82) is 0 Å². The minimum absolute atomic E-state index is 0.184. The van der Waals surface area contributed by atoms with E-state index in [1.807, 2.05) is 12.1 Å². The number of hydrogen-bond donors (Lipinski definition) is 2. The summed E-state index contributed by atoms with van der Waals surface area (Å²) in [6, 6.07) is 9.99. The molecule has 2 N–H and O–H groups in total. The molecule has 0 bridgehead atoms. The molecule has 2 heterocycles. The number of amides is 2. The summed E-state index contributed by atoms with van der Waals surface area (Å²) in [6.07, 6.45) is 0.533. The third-order valence-electron chi connectivity index (χ3n) is 3.72. The smallest absolute Gasteiger partial charge is 0.317 e. The zero-order valence-corrected chi connectivity index (χ0v) is 12.2. The number of likely N-dealkylation sites (tertiary alicyclic amines) is 1. The highest BCUT2D eigenvalue weighted by Gasteiger charge is 2.30. The van der Waals surface area contributed by atoms with Gasteiger partial charge in [-0.25, -0.2) is 4.79 Å². The Morgan fingerprint density at radius 2 is 2.19 bits per heavy atom. The SMILES string of the molecule is O=C(O)C1CCN(C(=O)NCc2cc3ccccc3s2)C1. The van der Waals surface area contributed by atoms with Crippen LogP contribution in [-0.2, 0) is 11.3 Å². The van der Waals surface area contributed by atoms with Gasteiger partial charge in [0.05, 0.1) is 12.5 Å². The number of nitrogens with one attached hydrogen (secondary N) is 1. The Kier molecular flexibility index (Phi) is 3.79. The number of rotatable bonds is 3. The molecule has 3 rings (SSSR count). The number of carbonyl (C=O) groups excluding carboxylic acids is 1. The fraction of sp³-hybridized carbons (Fsp3) is 0.333. The Hall–Kier alpha value is -2.08. The zero-order chi connectivity index (χ0) is 14.8. The number of urea groups is 1. The molecular weight excluding hydrogens is 288 g/mol. The van der Waals surface area contributed by atoms with Crippen LogP contribution in [-0.4, -0.2) is 35.1 Å². The average Bonchev–Trinajstić information content (AvgIpc) is 3.11. The molecule has 2 aromatic rings. The lowest BCUT2D eigenvalue weighted by Gasteiger charge is -2.16. The maximum atomic E-state index is 12.0. The largest absolute Gasteiger partial charge is 0.481 e. The maximum Gasteiger partial charge on any atom is 0.317 e. The van der Waals surface area contributed by atoms with E-state index < -0.39 is 11.9 Å². The van der Waals surface area contributed by atoms with Crippen LogP contribution in [0.15, 0.2) is 30.3 Å². The van der Waals surface area contributed by atoms with E-state index in [-0.39, 0.29) is 6.03 Å². The molecule has 1 aromatic carbocycles. The minimum Gasteiger partial charge on any atom is -0.481 e. The molecular formula is C15H16N2O3S. The molecule has 1 aliphatic rings. The lowest BCUT2D eigenvalue weighted by molar-refractivity contribution is -0.141. The highest BCUT2D eigenvalue weighted by Crippen LogP contribution is 2.25. The molecule has 1 aliphatic heterocycles. The topological polar surface area (TPSA) is 69.6 Å². The van der Waals surface area contributed by atoms with Crippen molar-refractivity contribution in [1.82, 2.24) is 10.2 Å². The lowest BCUT2D eigenvalue weighted by Crippen LogP contribution is -2.38. The van der Waals surface area contributed by atoms with Crippen molar-refractivity contribution in [2.45, 2.75) is 13.0 Å². The van der Waals surface area contributed by atoms with E-state index in [2.05, 4.69) is 23.5 Å². The summed E-state index contributed by atoms with van der Waals surface area (Å²) in [5.74, 6) is -1.25. The molecule has 0 radical (unpaired) electrons. The zero-order valence-electron chi connectivity index (χ0n) is 11.4. The Labute approximate surface area is 126 Å². The van der Waals surface area contributed by atoms with Crippen LogP contribution in [0.3, 0.4) is 0 Å². The van der Waals surface area contributed by atoms with Crippen molar-refractivity contribution in [2.24, 2.45) is 5.92 Å². The van der Waals surface area contributed by atoms with Gasteiger partial charge in [0.25, 0.3) is 0 Å². The predicted molar refractivity (Wildman–Crippen MR) is 81.4 cm³/mol. The normalized spacial score (nSPS) is 18.1. The summed E-state index contributed by atoms with van der Waals surface area (Å²) in [5, 5.41) is 13.0. The Morgan fingerprint density at radius 3 is 2.90 bits per heavy atom. The van der Waals surface area contributed by atoms with Gasteiger partial charge in [-0.05, 0) is 23.9 Å². The number of benzene rings is 1. The van der Waals surface area contributed by atoms with Gasteiger partial charge in [-0.2, -0.15) is 0 Å². The van der Waals surface area contributed by atoms with Gasteiger partial charge < -0.3 is 15.3 Å². The van der Waals surface area contributed by atoms with Crippen molar-refractivity contribution in [3.63, 3.8) is 0 Å². The highest BCUT2D eigenvalue weighted by atomic mass is 32.1. The average molecular weight is 304 g/mol. The van der Waals surface area contributed by atoms with Gasteiger partial charge in [0, 0.05) is 22.7 Å². The van der Waals surface area contributed by atoms with Crippen LogP contribution in [0.2, 0.25) is 0 Å². The molecule has 0 spiro atoms. The standard InChI is InChI=1S/C15H16N2O3S/c18-14(19)11-5-6-17(9-11)15(20)16-8-12-7-10-3-1-2-4-13(10)21-12/h1-4,7,11H,5-6,8-9H2,(H,16,20)(H,18,19). The van der Waals surface area contributed by atoms with Crippen LogP contribution < -0.4 is 5.32 Å². The van der Waals surface area contributed by atoms with Crippen molar-refractivity contribution < 1.29 is 14.7 Å². The number of carbonyl (C=O) groups is 2. The highest BCUT2D eigenvalue weighted by molar-refractivity contribution is 7.19. The number of fused-ring (bicyclic) bond motifs is 1. The third-order valence-corrected chi connectivity index (χ3v) is 4.83. The first kappa shape index (κ1) is 13.9. The maximum absolute atomic E-state index is 12.0. The molecule has 6 heteroatoms. The quantitative estimate of drug-likeness (QED) is 0.915. The molecule has 5 nitrogen and oxygen atoms in total. The van der Waals surface area contributed by atoms with Gasteiger partial charge in [0.1, 0.15) is 0 Å². The fourth-order valence-corrected chi connectivity index (χ4v) is 3.55. The lowest BCUT2D eigenvalue weighted by atomic mass is 10.1. The summed E-state index contributed by atoms with van der Waals surface area (Å²) < 4.78 is 1.20. The number of carboxylic acid groups (broad SMARTS) is 1. The third kappa shape index (κ3) is 3.00. The Bertz CT molecular complexity index is 649. The van der Waals surface area contributed by atoms with Crippen molar-refractivity contribution in [2.75, 3.05) is 13.1 Å². The molecule has 110 valence electrons. The number of aliphatic carboxylic acids is 1. The van der Waals surface area contributed by atoms with E-state index in [0.29, 0.717) is 26.1 Å². The fourth-order valence-electron chi connectivity index (χ4n) is 2.54. The van der Waals surface area contributed by atoms with E-state index in [4.69, 9.17) is 5.11 Å². The van der Waals surface area contributed by atoms with Crippen molar-refractivity contribution in [3.8, 4) is 0 Å². The molecule has 21 heavy (non-hydrogen) atoms. The van der Waals surface area contributed by atoms with Gasteiger partial charge in [-0.1, -0.05) is 18.2 Å². The molecule has 1 fully saturated rings. The first-order valence-electron chi connectivity index (χ1n) is 6.86. The molecule has 1 aromatic heterocycles. The molecule has 2 amide bonds. The summed E-state index contributed by atoms with van der Waals surface area (Å²) in [4.78, 5) is 25.6. The van der Waals surface area contributed by atoms with E-state index in [9.17, 15) is 9.59 Å². The molecule has 1 saturated heterocycles. The van der Waals surface area contributed by atoms with Gasteiger partial charge in [-0.3, -0.25) is 4.79 Å². The summed E-state index contributed by atoms with van der Waals surface area (Å²) in [5.41, 5.74) is 0. The van der Waals surface area contributed by atoms with Gasteiger partial charge in [-0.15, -0.1) is 11.3 Å². The number of hydrogen-bond acceptors (Lipinski definition) is 3. The monoisotopic (exact) mass is 304 g/mol. The second kappa shape index (κ2) is 5.73. The van der Waals surface area contributed by atoms with E-state index in [0.717, 1.165) is 4.88 Å². The van der Waals surface area contributed by atoms with Crippen LogP contribution >= 0.6 is 11.3 Å². The van der Waals surface area contributed by atoms with Gasteiger partial charge in [0.15, 0.2) is 0 Å². The number of nitrogens with zero attached hydrogens (tertiary/aromatic N) is 1. The Balaban J connectivity index is 1.57. The predicted octanol–water partition coefficient (Wildman–Crippen LogP) is 2.52. The Morgan fingerprint density at radius 1 is 1.38 bits per heavy atom. The van der Waals surface area contributed by atoms with Crippen LogP contribution in [0, 0.1) is 5.92 Å². The summed E-state index contributed by atoms with van der Waals surface area (Å²) in [7, 11) is 0. The molecule has 1 unspecified atom stereocenters. The first-order valence-corrected chi connectivity index (χ1v) is 7.68. The molecule has 0 aliphatic carbocycles. The number of thiophene rings is 1. The van der Waals surface area contributed by atoms with Crippen LogP contribution in [0.25, 0.3) is 10.1 Å². The number of carboxylic acids is 1. The van der Waals surface area contributed by atoms with E-state index >= 15 is 0 Å². The van der Waals surface area contributed by atoms with E-state index in [1.165, 1.54) is 10.1 Å². The molecule has 1 atom stereocenters. The van der Waals surface area contributed by atoms with Crippen molar-refractivity contribution >= 4 is 33.4 Å².